The largest absolute Gasteiger partial charge is 0.488 e. The lowest BCUT2D eigenvalue weighted by molar-refractivity contribution is -0.253. The average molecular weight is 1750 g/mol. The molecular weight excluding hydrogens is 1680 g/mol. The van der Waals surface area contributed by atoms with Crippen molar-refractivity contribution in [3.8, 4) is 34.5 Å². The third-order valence-electron chi connectivity index (χ3n) is 16.3. The average Bonchev–Trinajstić information content (AvgIpc) is 0.762. The summed E-state index contributed by atoms with van der Waals surface area (Å²) in [6.07, 6.45) is -28.9. The zero-order chi connectivity index (χ0) is 87.9. The van der Waals surface area contributed by atoms with Crippen molar-refractivity contribution < 1.29 is 136 Å². The minimum absolute atomic E-state index is 0. The number of halogens is 19. The Balaban J connectivity index is 0.000000298. The van der Waals surface area contributed by atoms with Gasteiger partial charge in [0.15, 0.2) is 34.7 Å². The highest BCUT2D eigenvalue weighted by Crippen LogP contribution is 2.45. The van der Waals surface area contributed by atoms with Crippen molar-refractivity contribution in [1.82, 2.24) is 0 Å². The number of nitrogens with zero attached hydrogens (tertiary/aromatic N) is 3. The van der Waals surface area contributed by atoms with Crippen LogP contribution in [0.2, 0.25) is 0 Å². The lowest BCUT2D eigenvalue weighted by Crippen LogP contribution is -2.34. The van der Waals surface area contributed by atoms with E-state index in [0.29, 0.717) is 34.9 Å². The highest BCUT2D eigenvalue weighted by atomic mass is 79.9. The van der Waals surface area contributed by atoms with Gasteiger partial charge in [0.2, 0.25) is 0 Å². The third-order valence-corrected chi connectivity index (χ3v) is 17.0. The summed E-state index contributed by atoms with van der Waals surface area (Å²) in [5, 5.41) is 0.800. The normalized spacial score (nSPS) is 12.5. The minimum atomic E-state index is -4.93. The van der Waals surface area contributed by atoms with Crippen LogP contribution < -0.4 is 28.4 Å². The summed E-state index contributed by atoms with van der Waals surface area (Å²) in [4.78, 5) is 45.3. The van der Waals surface area contributed by atoms with Crippen molar-refractivity contribution in [2.24, 2.45) is 0 Å². The summed E-state index contributed by atoms with van der Waals surface area (Å²) < 4.78 is 285. The second-order valence-electron chi connectivity index (χ2n) is 26.0. The van der Waals surface area contributed by atoms with Crippen LogP contribution in [0.5, 0.6) is 34.5 Å². The monoisotopic (exact) mass is 1750 g/mol. The van der Waals surface area contributed by atoms with E-state index in [2.05, 4.69) is 58.9 Å². The molecule has 0 spiro atoms. The fourth-order valence-electron chi connectivity index (χ4n) is 11.0. The maximum absolute atomic E-state index is 14.7. The molecule has 3 atom stereocenters. The highest BCUT2D eigenvalue weighted by molar-refractivity contribution is 9.08. The molecule has 0 N–H and O–H groups in total. The maximum atomic E-state index is 14.7. The van der Waals surface area contributed by atoms with Gasteiger partial charge in [-0.1, -0.05) is 59.8 Å². The number of esters is 3. The predicted molar refractivity (Wildman–Crippen MR) is 404 cm³/mol. The summed E-state index contributed by atoms with van der Waals surface area (Å²) in [7, 11) is 3.78. The van der Waals surface area contributed by atoms with Crippen LogP contribution in [0.1, 0.15) is 136 Å². The Morgan fingerprint density at radius 1 is 0.378 bits per heavy atom. The van der Waals surface area contributed by atoms with Crippen LogP contribution in [-0.4, -0.2) is 95.2 Å². The molecule has 9 rings (SSSR count). The predicted octanol–water partition coefficient (Wildman–Crippen LogP) is 23.4. The van der Waals surface area contributed by atoms with Crippen LogP contribution in [0.15, 0.2) is 182 Å². The van der Waals surface area contributed by atoms with Gasteiger partial charge in [-0.15, -0.1) is 0 Å². The number of rotatable bonds is 29. The molecule has 0 aliphatic carbocycles. The first kappa shape index (κ1) is 97.5. The maximum Gasteiger partial charge on any atom is 0.461 e. The summed E-state index contributed by atoms with van der Waals surface area (Å²) in [6, 6.07) is 35.0. The standard InChI is InChI=1S/2C28H23F6NO4.C19H15F6NO2.C9H9BrO2.CH4/c2*1-16(2)38-24-13-19(9-10-23(24)30)27(35-3,15-17-5-7-18(8-6-17)25(36)37-4)20-11-21(29)14-22(12-20)39-28(33,34)26(31)32;1-10(2)27-16-8-11(4-5-15(16)21)17(26-3)12-6-13(20)9-14(7-12)28-19(24,25)18(22)23;1-12-9(11)8-4-2-7(6-10)3-5-8;/h2*5-14,16,26H,15H2,1-2,4H3;4-10,17-18H,1-2H3;2-5H,6H2,1H3;1H4/t2*27-;;;/m10.../s1. The van der Waals surface area contributed by atoms with Gasteiger partial charge in [-0.2, -0.15) is 52.7 Å². The Bertz CT molecular complexity index is 4860. The Morgan fingerprint density at radius 2 is 0.681 bits per heavy atom. The SMILES string of the molecule is C.COC(=O)c1ccc(CBr)cc1.[C-]#[N+]C(c1cc(F)cc(OC(F)(F)C(F)F)c1)c1ccc(F)c(OC(C)C)c1.[C-]#[N+][C@@](Cc1ccc(C(=O)OC)cc1)(c1cc(F)cc(OC(F)(F)C(F)F)c1)c1ccc(F)c(OC(C)C)c1.[C-]#[N+][C@](Cc1ccc(C(=O)OC)cc1)(c1cc(F)cc(OC(F)(F)C(F)F)c1)c1ccc(F)c(OC(C)C)c1. The molecule has 0 heterocycles. The molecule has 9 aromatic rings. The van der Waals surface area contributed by atoms with E-state index in [1.807, 2.05) is 12.1 Å². The molecule has 1 unspecified atom stereocenters. The van der Waals surface area contributed by atoms with E-state index in [4.69, 9.17) is 33.9 Å². The fourth-order valence-corrected chi connectivity index (χ4v) is 11.4. The molecule has 0 saturated carbocycles. The van der Waals surface area contributed by atoms with Gasteiger partial charge in [0.25, 0.3) is 17.1 Å². The molecule has 119 heavy (non-hydrogen) atoms. The number of hydrogen-bond donors (Lipinski definition) is 0. The molecular formula is C85H74BrF18N3O12. The van der Waals surface area contributed by atoms with Gasteiger partial charge in [0.1, 0.15) is 34.7 Å². The first-order valence-electron chi connectivity index (χ1n) is 34.5. The van der Waals surface area contributed by atoms with Gasteiger partial charge in [-0.25, -0.2) is 60.4 Å². The van der Waals surface area contributed by atoms with Gasteiger partial charge in [0.05, 0.1) is 69.2 Å². The lowest BCUT2D eigenvalue weighted by atomic mass is 9.78. The van der Waals surface area contributed by atoms with E-state index >= 15 is 0 Å². The van der Waals surface area contributed by atoms with E-state index in [1.165, 1.54) is 106 Å². The molecule has 34 heteroatoms. The topological polar surface area (TPSA) is 147 Å². The number of ether oxygens (including phenoxy) is 9. The Hall–Kier alpha value is -12.1. The molecule has 0 radical (unpaired) electrons. The van der Waals surface area contributed by atoms with Crippen LogP contribution in [0.3, 0.4) is 0 Å². The number of hydrogen-bond acceptors (Lipinski definition) is 12. The summed E-state index contributed by atoms with van der Waals surface area (Å²) >= 11 is 3.32. The quantitative estimate of drug-likeness (QED) is 0.0144. The molecule has 0 fully saturated rings. The van der Waals surface area contributed by atoms with Crippen LogP contribution in [-0.2, 0) is 43.5 Å². The Morgan fingerprint density at radius 3 is 0.975 bits per heavy atom. The van der Waals surface area contributed by atoms with E-state index in [9.17, 15) is 93.4 Å². The third kappa shape index (κ3) is 26.4. The summed E-state index contributed by atoms with van der Waals surface area (Å²) in [6.45, 7) is 33.5. The van der Waals surface area contributed by atoms with Crippen molar-refractivity contribution in [3.63, 3.8) is 0 Å². The van der Waals surface area contributed by atoms with Crippen molar-refractivity contribution in [2.75, 3.05) is 21.3 Å². The summed E-state index contributed by atoms with van der Waals surface area (Å²) in [5.41, 5.74) is -0.934. The zero-order valence-electron chi connectivity index (χ0n) is 63.4. The second kappa shape index (κ2) is 42.8. The molecule has 15 nitrogen and oxygen atoms in total. The van der Waals surface area contributed by atoms with Crippen LogP contribution >= 0.6 is 15.9 Å². The van der Waals surface area contributed by atoms with E-state index in [0.717, 1.165) is 65.5 Å². The van der Waals surface area contributed by atoms with E-state index < -0.39 is 131 Å². The van der Waals surface area contributed by atoms with Gasteiger partial charge in [-0.3, -0.25) is 9.69 Å². The summed E-state index contributed by atoms with van der Waals surface area (Å²) in [5.74, 6) is -10.3. The van der Waals surface area contributed by atoms with Crippen LogP contribution in [0.4, 0.5) is 79.0 Å². The molecule has 0 bridgehead atoms. The number of benzene rings is 9. The van der Waals surface area contributed by atoms with Crippen LogP contribution in [0, 0.1) is 54.6 Å². The zero-order valence-corrected chi connectivity index (χ0v) is 65.0. The first-order valence-corrected chi connectivity index (χ1v) is 35.6. The van der Waals surface area contributed by atoms with Crippen molar-refractivity contribution in [3.05, 3.63) is 318 Å². The Labute approximate surface area is 680 Å². The van der Waals surface area contributed by atoms with Gasteiger partial charge in [0, 0.05) is 56.9 Å². The number of carbonyl (C=O) groups excluding carboxylic acids is 3. The lowest BCUT2D eigenvalue weighted by Gasteiger charge is -2.25. The van der Waals surface area contributed by atoms with E-state index in [-0.39, 0.29) is 94.1 Å². The molecule has 0 aliphatic heterocycles. The van der Waals surface area contributed by atoms with Gasteiger partial charge < -0.3 is 47.5 Å². The number of methoxy groups -OCH3 is 3. The molecule has 0 saturated heterocycles. The molecule has 0 aliphatic rings. The molecule has 0 aromatic heterocycles. The minimum Gasteiger partial charge on any atom is -0.488 e. The van der Waals surface area contributed by atoms with Gasteiger partial charge in [-0.05, 0) is 186 Å². The first-order chi connectivity index (χ1) is 55.4. The second-order valence-corrected chi connectivity index (χ2v) is 26.5. The highest BCUT2D eigenvalue weighted by Gasteiger charge is 2.49. The molecule has 9 aromatic carbocycles. The van der Waals surface area contributed by atoms with Crippen LogP contribution in [0.25, 0.3) is 14.5 Å². The van der Waals surface area contributed by atoms with Crippen molar-refractivity contribution >= 4 is 33.8 Å². The molecule has 0 amide bonds. The van der Waals surface area contributed by atoms with E-state index in [1.54, 1.807) is 53.7 Å². The number of alkyl halides is 13. The fraction of sp³-hybridized carbons (Fsp3) is 0.294. The molecule has 634 valence electrons. The number of carbonyl (C=O) groups is 3. The van der Waals surface area contributed by atoms with Crippen molar-refractivity contribution in [2.45, 2.75) is 140 Å². The Kier molecular flexibility index (Phi) is 35.1. The van der Waals surface area contributed by atoms with Crippen molar-refractivity contribution in [1.29, 1.82) is 0 Å². The smallest absolute Gasteiger partial charge is 0.461 e. The van der Waals surface area contributed by atoms with Gasteiger partial charge >= 0.3 is 55.5 Å².